The molecule has 0 fully saturated rings. The lowest BCUT2D eigenvalue weighted by Crippen LogP contribution is -2.38. The predicted octanol–water partition coefficient (Wildman–Crippen LogP) is 2.82. The highest BCUT2D eigenvalue weighted by atomic mass is 19.1. The molecule has 0 saturated carbocycles. The van der Waals surface area contributed by atoms with Crippen LogP contribution in [0.2, 0.25) is 0 Å². The van der Waals surface area contributed by atoms with Gasteiger partial charge < -0.3 is 14.8 Å². The van der Waals surface area contributed by atoms with Gasteiger partial charge in [-0.25, -0.2) is 9.18 Å². The zero-order valence-electron chi connectivity index (χ0n) is 14.7. The zero-order chi connectivity index (χ0) is 18.1. The van der Waals surface area contributed by atoms with Crippen LogP contribution in [0.3, 0.4) is 0 Å². The second-order valence-corrected chi connectivity index (χ2v) is 6.08. The Bertz CT molecular complexity index is 548. The van der Waals surface area contributed by atoms with Crippen molar-refractivity contribution in [2.75, 3.05) is 6.61 Å². The number of hydrogen-bond donors (Lipinski definition) is 1. The van der Waals surface area contributed by atoms with Gasteiger partial charge in [0.05, 0.1) is 0 Å². The summed E-state index contributed by atoms with van der Waals surface area (Å²) in [6, 6.07) is 6.16. The highest BCUT2D eigenvalue weighted by Gasteiger charge is 2.22. The smallest absolute Gasteiger partial charge is 0.335 e. The van der Waals surface area contributed by atoms with Crippen LogP contribution in [0.1, 0.15) is 39.7 Å². The van der Waals surface area contributed by atoms with Crippen LogP contribution >= 0.6 is 0 Å². The molecule has 1 N–H and O–H groups in total. The van der Waals surface area contributed by atoms with Crippen molar-refractivity contribution in [3.63, 3.8) is 0 Å². The average Bonchev–Trinajstić information content (AvgIpc) is 2.53. The van der Waals surface area contributed by atoms with E-state index in [0.29, 0.717) is 18.1 Å². The van der Waals surface area contributed by atoms with E-state index < -0.39 is 29.9 Å². The van der Waals surface area contributed by atoms with Gasteiger partial charge in [-0.15, -0.1) is 0 Å². The Labute approximate surface area is 142 Å². The summed E-state index contributed by atoms with van der Waals surface area (Å²) in [5, 5.41) is 2.54. The molecule has 0 aliphatic heterocycles. The normalized spacial score (nSPS) is 13.4. The molecule has 0 aliphatic carbocycles. The minimum absolute atomic E-state index is 0.0356. The number of benzene rings is 1. The van der Waals surface area contributed by atoms with E-state index in [2.05, 4.69) is 19.2 Å². The van der Waals surface area contributed by atoms with E-state index in [1.54, 1.807) is 25.1 Å². The summed E-state index contributed by atoms with van der Waals surface area (Å²) >= 11 is 0. The van der Waals surface area contributed by atoms with Crippen molar-refractivity contribution in [2.45, 2.75) is 52.9 Å². The van der Waals surface area contributed by atoms with Gasteiger partial charge in [0.15, 0.2) is 12.2 Å². The number of rotatable bonds is 9. The van der Waals surface area contributed by atoms with Gasteiger partial charge in [-0.05, 0) is 32.3 Å². The molecule has 5 nitrogen and oxygen atoms in total. The maximum absolute atomic E-state index is 13.5. The van der Waals surface area contributed by atoms with Crippen molar-refractivity contribution in [3.05, 3.63) is 35.6 Å². The Kier molecular flexibility index (Phi) is 8.40. The third-order valence-electron chi connectivity index (χ3n) is 3.47. The van der Waals surface area contributed by atoms with Crippen molar-refractivity contribution >= 4 is 11.9 Å². The maximum Gasteiger partial charge on any atom is 0.335 e. The molecule has 1 amide bonds. The Hall–Kier alpha value is -1.95. The maximum atomic E-state index is 13.5. The topological polar surface area (TPSA) is 64.6 Å². The summed E-state index contributed by atoms with van der Waals surface area (Å²) in [7, 11) is 0. The molecule has 0 aliphatic rings. The summed E-state index contributed by atoms with van der Waals surface area (Å²) in [4.78, 5) is 23.8. The van der Waals surface area contributed by atoms with Crippen LogP contribution in [0.25, 0.3) is 0 Å². The minimum Gasteiger partial charge on any atom is -0.451 e. The molecule has 2 unspecified atom stereocenters. The average molecular weight is 339 g/mol. The molecule has 0 bridgehead atoms. The molecule has 0 saturated heterocycles. The lowest BCUT2D eigenvalue weighted by Gasteiger charge is -2.17. The van der Waals surface area contributed by atoms with Crippen LogP contribution in [0.15, 0.2) is 24.3 Å². The molecule has 0 radical (unpaired) electrons. The SMILES string of the molecule is CC(C)CCOC(C)C(=O)OC(C)C(=O)NCc1ccccc1F. The molecule has 1 aromatic rings. The molecular formula is C18H26FNO4. The number of nitrogens with one attached hydrogen (secondary N) is 1. The number of ether oxygens (including phenoxy) is 2. The third kappa shape index (κ3) is 7.08. The largest absolute Gasteiger partial charge is 0.451 e. The molecule has 1 aromatic carbocycles. The lowest BCUT2D eigenvalue weighted by atomic mass is 10.1. The zero-order valence-corrected chi connectivity index (χ0v) is 14.7. The van der Waals surface area contributed by atoms with Gasteiger partial charge in [0.2, 0.25) is 0 Å². The molecule has 134 valence electrons. The van der Waals surface area contributed by atoms with Gasteiger partial charge in [0.1, 0.15) is 5.82 Å². The highest BCUT2D eigenvalue weighted by molar-refractivity contribution is 5.84. The van der Waals surface area contributed by atoms with E-state index in [1.807, 2.05) is 0 Å². The highest BCUT2D eigenvalue weighted by Crippen LogP contribution is 2.07. The fraction of sp³-hybridized carbons (Fsp3) is 0.556. The second kappa shape index (κ2) is 10.0. The van der Waals surface area contributed by atoms with Gasteiger partial charge >= 0.3 is 5.97 Å². The van der Waals surface area contributed by atoms with Crippen LogP contribution in [0, 0.1) is 11.7 Å². The fourth-order valence-electron chi connectivity index (χ4n) is 1.84. The quantitative estimate of drug-likeness (QED) is 0.703. The van der Waals surface area contributed by atoms with Crippen molar-refractivity contribution in [1.82, 2.24) is 5.32 Å². The molecule has 0 heterocycles. The third-order valence-corrected chi connectivity index (χ3v) is 3.47. The van der Waals surface area contributed by atoms with Crippen molar-refractivity contribution in [1.29, 1.82) is 0 Å². The summed E-state index contributed by atoms with van der Waals surface area (Å²) in [6.45, 7) is 7.68. The molecule has 1 rings (SSSR count). The first-order valence-corrected chi connectivity index (χ1v) is 8.14. The van der Waals surface area contributed by atoms with E-state index in [4.69, 9.17) is 9.47 Å². The van der Waals surface area contributed by atoms with E-state index in [-0.39, 0.29) is 6.54 Å². The standard InChI is InChI=1S/C18H26FNO4/c1-12(2)9-10-23-14(4)18(22)24-13(3)17(21)20-11-15-7-5-6-8-16(15)19/h5-8,12-14H,9-11H2,1-4H3,(H,20,21). The van der Waals surface area contributed by atoms with Crippen molar-refractivity contribution in [3.8, 4) is 0 Å². The molecule has 24 heavy (non-hydrogen) atoms. The summed E-state index contributed by atoms with van der Waals surface area (Å²) in [5.74, 6) is -0.987. The summed E-state index contributed by atoms with van der Waals surface area (Å²) in [5.41, 5.74) is 0.370. The number of esters is 1. The number of halogens is 1. The van der Waals surface area contributed by atoms with E-state index in [0.717, 1.165) is 6.42 Å². The first-order chi connectivity index (χ1) is 11.3. The summed E-state index contributed by atoms with van der Waals surface area (Å²) < 4.78 is 23.9. The first-order valence-electron chi connectivity index (χ1n) is 8.14. The van der Waals surface area contributed by atoms with Gasteiger partial charge in [-0.1, -0.05) is 32.0 Å². The van der Waals surface area contributed by atoms with Crippen LogP contribution in [0.4, 0.5) is 4.39 Å². The Morgan fingerprint density at radius 3 is 2.42 bits per heavy atom. The molecule has 0 spiro atoms. The number of hydrogen-bond acceptors (Lipinski definition) is 4. The van der Waals surface area contributed by atoms with Gasteiger partial charge in [0, 0.05) is 18.7 Å². The molecule has 6 heteroatoms. The molecule has 0 aromatic heterocycles. The first kappa shape index (κ1) is 20.1. The number of carbonyl (C=O) groups is 2. The van der Waals surface area contributed by atoms with Crippen LogP contribution in [0.5, 0.6) is 0 Å². The monoisotopic (exact) mass is 339 g/mol. The van der Waals surface area contributed by atoms with Crippen LogP contribution in [-0.2, 0) is 25.6 Å². The summed E-state index contributed by atoms with van der Waals surface area (Å²) in [6.07, 6.45) is -0.859. The van der Waals surface area contributed by atoms with Gasteiger partial charge in [0.25, 0.3) is 5.91 Å². The number of amides is 1. The predicted molar refractivity (Wildman–Crippen MR) is 88.7 cm³/mol. The van der Waals surface area contributed by atoms with Crippen molar-refractivity contribution in [2.24, 2.45) is 5.92 Å². The van der Waals surface area contributed by atoms with E-state index >= 15 is 0 Å². The van der Waals surface area contributed by atoms with Gasteiger partial charge in [-0.2, -0.15) is 0 Å². The van der Waals surface area contributed by atoms with E-state index in [9.17, 15) is 14.0 Å². The lowest BCUT2D eigenvalue weighted by molar-refractivity contribution is -0.165. The van der Waals surface area contributed by atoms with Crippen molar-refractivity contribution < 1.29 is 23.5 Å². The van der Waals surface area contributed by atoms with Crippen LogP contribution in [-0.4, -0.2) is 30.7 Å². The minimum atomic E-state index is -0.972. The fourth-order valence-corrected chi connectivity index (χ4v) is 1.84. The van der Waals surface area contributed by atoms with Gasteiger partial charge in [-0.3, -0.25) is 4.79 Å². The van der Waals surface area contributed by atoms with Crippen LogP contribution < -0.4 is 5.32 Å². The Morgan fingerprint density at radius 1 is 1.12 bits per heavy atom. The number of carbonyl (C=O) groups excluding carboxylic acids is 2. The Balaban J connectivity index is 2.37. The second-order valence-electron chi connectivity index (χ2n) is 6.08. The van der Waals surface area contributed by atoms with E-state index in [1.165, 1.54) is 13.0 Å². The Morgan fingerprint density at radius 2 is 1.79 bits per heavy atom. The molecular weight excluding hydrogens is 313 g/mol. The molecule has 2 atom stereocenters.